The van der Waals surface area contributed by atoms with Gasteiger partial charge >= 0.3 is 16.8 Å². The summed E-state index contributed by atoms with van der Waals surface area (Å²) in [6.45, 7) is 3.07. The van der Waals surface area contributed by atoms with E-state index in [0.717, 1.165) is 0 Å². The minimum atomic E-state index is -4.94. The van der Waals surface area contributed by atoms with Crippen LogP contribution in [0.2, 0.25) is 0 Å². The molecule has 0 unspecified atom stereocenters. The van der Waals surface area contributed by atoms with Gasteiger partial charge in [-0.1, -0.05) is 13.8 Å². The summed E-state index contributed by atoms with van der Waals surface area (Å²) in [6, 6.07) is 0. The molecule has 0 bridgehead atoms. The van der Waals surface area contributed by atoms with Crippen molar-refractivity contribution in [3.8, 4) is 0 Å². The standard InChI is InChI=1S/2C3H6O2.ClHO4.Co.4H3N/c2*1-2-3(4)5;2-1(3,4)5;;;;;/h2*2H2,1H3,(H,4,5);(H,2,3,4,5);;4*1H3/q;;;+3;;;;/p-3. The molecule has 0 aromatic carbocycles. The second-order valence-corrected chi connectivity index (χ2v) is 2.59. The van der Waals surface area contributed by atoms with Gasteiger partial charge in [0.15, 0.2) is 0 Å². The summed E-state index contributed by atoms with van der Waals surface area (Å²) in [6.07, 6.45) is 0.222. The average molecular weight is 373 g/mol. The van der Waals surface area contributed by atoms with Gasteiger partial charge < -0.3 is 44.4 Å². The van der Waals surface area contributed by atoms with Crippen molar-refractivity contribution in [1.82, 2.24) is 24.6 Å². The second kappa shape index (κ2) is 31.0. The number of carbonyl (C=O) groups excluding carboxylic acids is 2. The van der Waals surface area contributed by atoms with Crippen molar-refractivity contribution in [3.63, 3.8) is 0 Å². The van der Waals surface area contributed by atoms with E-state index in [1.54, 1.807) is 0 Å². The Bertz CT molecular complexity index is 174. The van der Waals surface area contributed by atoms with E-state index in [-0.39, 0.29) is 54.2 Å². The molecule has 14 heteroatoms. The minimum absolute atomic E-state index is 0. The molecule has 0 saturated carbocycles. The molecule has 12 N–H and O–H groups in total. The van der Waals surface area contributed by atoms with Gasteiger partial charge in [0, 0.05) is 11.9 Å². The number of halogens is 1. The Balaban J connectivity index is -0.0000000160. The molecule has 0 saturated heterocycles. The van der Waals surface area contributed by atoms with Gasteiger partial charge in [-0.15, -0.1) is 10.2 Å². The first kappa shape index (κ1) is 50.5. The van der Waals surface area contributed by atoms with Crippen LogP contribution in [0.5, 0.6) is 0 Å². The molecule has 0 aromatic heterocycles. The van der Waals surface area contributed by atoms with Crippen LogP contribution in [0, 0.1) is 10.2 Å². The molecular formula is C6H22ClCoN4O8. The van der Waals surface area contributed by atoms with Gasteiger partial charge in [0.25, 0.3) is 0 Å². The third-order valence-electron chi connectivity index (χ3n) is 0.577. The number of hydrogen-bond acceptors (Lipinski definition) is 12. The maximum atomic E-state index is 9.26. The molecule has 0 heterocycles. The fourth-order valence-electron chi connectivity index (χ4n) is 0. The smallest absolute Gasteiger partial charge is 0.550 e. The SMILES string of the molecule is CCC(=O)[O-].CCC(=O)[O-].N.N.N.N.[Co+3].[O-][Cl+3]([O-])([O-])[O-]. The maximum Gasteiger partial charge on any atom is 3.00 e. The van der Waals surface area contributed by atoms with Gasteiger partial charge in [-0.2, -0.15) is 0 Å². The zero-order valence-electron chi connectivity index (χ0n) is 11.2. The summed E-state index contributed by atoms with van der Waals surface area (Å²) in [4.78, 5) is 18.5. The summed E-state index contributed by atoms with van der Waals surface area (Å²) in [5.74, 6) is -1.99. The minimum Gasteiger partial charge on any atom is -0.550 e. The van der Waals surface area contributed by atoms with Gasteiger partial charge in [-0.3, -0.25) is 0 Å². The monoisotopic (exact) mass is 372 g/mol. The van der Waals surface area contributed by atoms with Crippen LogP contribution in [0.4, 0.5) is 0 Å². The fraction of sp³-hybridized carbons (Fsp3) is 0.667. The summed E-state index contributed by atoms with van der Waals surface area (Å²) in [5.41, 5.74) is 0. The third kappa shape index (κ3) is 402. The molecule has 20 heavy (non-hydrogen) atoms. The molecule has 0 aromatic rings. The molecule has 0 aliphatic carbocycles. The first-order chi connectivity index (χ1) is 6.54. The number of rotatable bonds is 2. The van der Waals surface area contributed by atoms with Crippen LogP contribution < -0.4 is 53.5 Å². The molecule has 12 nitrogen and oxygen atoms in total. The van der Waals surface area contributed by atoms with Gasteiger partial charge in [0.2, 0.25) is 0 Å². The van der Waals surface area contributed by atoms with Gasteiger partial charge in [0.05, 0.1) is 0 Å². The summed E-state index contributed by atoms with van der Waals surface area (Å²) in [5, 5.41) is 18.5. The Labute approximate surface area is 129 Å². The Morgan fingerprint density at radius 2 is 0.800 bits per heavy atom. The van der Waals surface area contributed by atoms with Crippen molar-refractivity contribution < 1.29 is 65.5 Å². The van der Waals surface area contributed by atoms with Crippen LogP contribution in [0.3, 0.4) is 0 Å². The molecule has 130 valence electrons. The Morgan fingerprint density at radius 1 is 0.750 bits per heavy atom. The van der Waals surface area contributed by atoms with Crippen LogP contribution in [0.1, 0.15) is 26.7 Å². The van der Waals surface area contributed by atoms with Crippen molar-refractivity contribution in [2.45, 2.75) is 26.7 Å². The van der Waals surface area contributed by atoms with Gasteiger partial charge in [-0.05, 0) is 12.8 Å². The van der Waals surface area contributed by atoms with E-state index in [4.69, 9.17) is 18.6 Å². The molecule has 0 aliphatic rings. The quantitative estimate of drug-likeness (QED) is 0.352. The zero-order chi connectivity index (χ0) is 13.1. The summed E-state index contributed by atoms with van der Waals surface area (Å²) in [7, 11) is -4.94. The van der Waals surface area contributed by atoms with Crippen LogP contribution >= 0.6 is 0 Å². The van der Waals surface area contributed by atoms with E-state index in [9.17, 15) is 19.8 Å². The number of carboxylic acids is 2. The number of aliphatic carboxylic acids is 2. The summed E-state index contributed by atoms with van der Waals surface area (Å²) >= 11 is 0. The van der Waals surface area contributed by atoms with Crippen molar-refractivity contribution >= 4 is 11.9 Å². The van der Waals surface area contributed by atoms with E-state index in [2.05, 4.69) is 0 Å². The number of carbonyl (C=O) groups is 2. The topological polar surface area (TPSA) is 312 Å². The van der Waals surface area contributed by atoms with Crippen LogP contribution in [-0.4, -0.2) is 11.9 Å². The molecule has 0 aliphatic heterocycles. The van der Waals surface area contributed by atoms with Crippen LogP contribution in [0.25, 0.3) is 0 Å². The second-order valence-electron chi connectivity index (χ2n) is 1.83. The van der Waals surface area contributed by atoms with Crippen molar-refractivity contribution in [1.29, 1.82) is 0 Å². The number of carboxylic acid groups (broad SMARTS) is 2. The first-order valence-corrected chi connectivity index (χ1v) is 4.79. The molecule has 0 atom stereocenters. The average Bonchev–Trinajstić information content (AvgIpc) is 2.02. The van der Waals surface area contributed by atoms with E-state index in [1.165, 1.54) is 13.8 Å². The largest absolute Gasteiger partial charge is 3.00 e. The van der Waals surface area contributed by atoms with E-state index < -0.39 is 22.2 Å². The predicted octanol–water partition coefficient (Wildman–Crippen LogP) is -5.82. The van der Waals surface area contributed by atoms with Crippen molar-refractivity contribution in [2.75, 3.05) is 0 Å². The van der Waals surface area contributed by atoms with Crippen molar-refractivity contribution in [3.05, 3.63) is 0 Å². The van der Waals surface area contributed by atoms with Gasteiger partial charge in [-0.25, -0.2) is 18.6 Å². The molecular weight excluding hydrogens is 350 g/mol. The molecule has 0 amide bonds. The predicted molar refractivity (Wildman–Crippen MR) is 50.7 cm³/mol. The summed E-state index contributed by atoms with van der Waals surface area (Å²) < 4.78 is 34.0. The zero-order valence-corrected chi connectivity index (χ0v) is 13.0. The van der Waals surface area contributed by atoms with E-state index in [1.807, 2.05) is 0 Å². The normalized spacial score (nSPS) is 6.70. The molecule has 0 spiro atoms. The molecule has 0 radical (unpaired) electrons. The van der Waals surface area contributed by atoms with Crippen LogP contribution in [-0.2, 0) is 26.4 Å². The van der Waals surface area contributed by atoms with E-state index in [0.29, 0.717) is 0 Å². The maximum absolute atomic E-state index is 9.26. The fourth-order valence-corrected chi connectivity index (χ4v) is 0. The third-order valence-corrected chi connectivity index (χ3v) is 0.577. The number of hydrogen-bond donors (Lipinski definition) is 4. The van der Waals surface area contributed by atoms with Gasteiger partial charge in [0.1, 0.15) is 0 Å². The molecule has 0 rings (SSSR count). The first-order valence-electron chi connectivity index (χ1n) is 3.56. The van der Waals surface area contributed by atoms with E-state index >= 15 is 0 Å². The Morgan fingerprint density at radius 3 is 0.800 bits per heavy atom. The Hall–Kier alpha value is -0.584. The Kier molecular flexibility index (Phi) is 78.4. The van der Waals surface area contributed by atoms with Crippen molar-refractivity contribution in [2.24, 2.45) is 0 Å². The molecule has 0 fully saturated rings. The van der Waals surface area contributed by atoms with Crippen LogP contribution in [0.15, 0.2) is 0 Å².